The number of carbonyl (C=O) groups is 1. The van der Waals surface area contributed by atoms with E-state index in [4.69, 9.17) is 11.6 Å². The summed E-state index contributed by atoms with van der Waals surface area (Å²) in [5.74, 6) is 0.736. The predicted octanol–water partition coefficient (Wildman–Crippen LogP) is 3.54. The second-order valence-electron chi connectivity index (χ2n) is 4.42. The number of rotatable bonds is 3. The van der Waals surface area contributed by atoms with Crippen LogP contribution in [0.2, 0.25) is 4.47 Å². The van der Waals surface area contributed by atoms with Crippen molar-refractivity contribution in [1.82, 2.24) is 9.88 Å². The summed E-state index contributed by atoms with van der Waals surface area (Å²) in [7, 11) is 0. The highest BCUT2D eigenvalue weighted by Crippen LogP contribution is 2.25. The molecule has 3 rings (SSSR count). The van der Waals surface area contributed by atoms with Gasteiger partial charge in [-0.25, -0.2) is 4.98 Å². The first-order valence-corrected chi connectivity index (χ1v) is 8.56. The number of thioether (sulfide) groups is 1. The SMILES string of the molecule is O=C(N=C1SCCN1Cc1cnc(Cl)s1)c1ccccc1. The molecule has 0 bridgehead atoms. The van der Waals surface area contributed by atoms with Crippen LogP contribution in [-0.4, -0.2) is 33.3 Å². The number of halogens is 1. The highest BCUT2D eigenvalue weighted by Gasteiger charge is 2.21. The van der Waals surface area contributed by atoms with E-state index < -0.39 is 0 Å². The molecule has 0 radical (unpaired) electrons. The molecule has 1 aromatic carbocycles. The van der Waals surface area contributed by atoms with Crippen molar-refractivity contribution >= 4 is 45.8 Å². The number of hydrogen-bond acceptors (Lipinski definition) is 4. The lowest BCUT2D eigenvalue weighted by atomic mass is 10.2. The number of aromatic nitrogens is 1. The Kier molecular flexibility index (Phi) is 4.57. The summed E-state index contributed by atoms with van der Waals surface area (Å²) >= 11 is 8.91. The van der Waals surface area contributed by atoms with Crippen molar-refractivity contribution in [2.75, 3.05) is 12.3 Å². The molecule has 1 aliphatic rings. The van der Waals surface area contributed by atoms with E-state index >= 15 is 0 Å². The molecule has 0 saturated carbocycles. The normalized spacial score (nSPS) is 16.6. The number of amides is 1. The van der Waals surface area contributed by atoms with Crippen molar-refractivity contribution in [2.24, 2.45) is 4.99 Å². The van der Waals surface area contributed by atoms with E-state index in [2.05, 4.69) is 14.9 Å². The maximum atomic E-state index is 12.1. The number of amidine groups is 1. The fraction of sp³-hybridized carbons (Fsp3) is 0.214. The summed E-state index contributed by atoms with van der Waals surface area (Å²) in [5, 5.41) is 0.772. The van der Waals surface area contributed by atoms with Gasteiger partial charge in [0.05, 0.1) is 6.54 Å². The second-order valence-corrected chi connectivity index (χ2v) is 7.17. The maximum absolute atomic E-state index is 12.1. The van der Waals surface area contributed by atoms with Crippen molar-refractivity contribution in [2.45, 2.75) is 6.54 Å². The van der Waals surface area contributed by atoms with Crippen molar-refractivity contribution < 1.29 is 4.79 Å². The quantitative estimate of drug-likeness (QED) is 0.859. The van der Waals surface area contributed by atoms with E-state index in [-0.39, 0.29) is 5.91 Å². The third-order valence-electron chi connectivity index (χ3n) is 2.95. The number of benzene rings is 1. The molecule has 1 aliphatic heterocycles. The van der Waals surface area contributed by atoms with Gasteiger partial charge in [0.2, 0.25) is 0 Å². The Morgan fingerprint density at radius 1 is 1.38 bits per heavy atom. The largest absolute Gasteiger partial charge is 0.345 e. The summed E-state index contributed by atoms with van der Waals surface area (Å²) in [6.07, 6.45) is 1.77. The molecule has 1 fully saturated rings. The molecule has 0 aliphatic carbocycles. The van der Waals surface area contributed by atoms with Gasteiger partial charge >= 0.3 is 0 Å². The van der Waals surface area contributed by atoms with Crippen LogP contribution >= 0.6 is 34.7 Å². The number of aliphatic imine (C=N–C) groups is 1. The van der Waals surface area contributed by atoms with Gasteiger partial charge < -0.3 is 4.90 Å². The monoisotopic (exact) mass is 337 g/mol. The van der Waals surface area contributed by atoms with Crippen LogP contribution in [0.25, 0.3) is 0 Å². The van der Waals surface area contributed by atoms with Crippen LogP contribution in [-0.2, 0) is 6.54 Å². The number of hydrogen-bond donors (Lipinski definition) is 0. The van der Waals surface area contributed by atoms with Gasteiger partial charge in [0.1, 0.15) is 0 Å². The minimum atomic E-state index is -0.202. The highest BCUT2D eigenvalue weighted by atomic mass is 35.5. The van der Waals surface area contributed by atoms with Crippen molar-refractivity contribution in [3.05, 3.63) is 51.4 Å². The van der Waals surface area contributed by atoms with E-state index in [1.165, 1.54) is 11.3 Å². The Hall–Kier alpha value is -1.37. The Labute approximate surface area is 135 Å². The standard InChI is InChI=1S/C14H12ClN3OS2/c15-13-16-8-11(21-13)9-18-6-7-20-14(18)17-12(19)10-4-2-1-3-5-10/h1-5,8H,6-7,9H2. The predicted molar refractivity (Wildman–Crippen MR) is 88.2 cm³/mol. The molecule has 21 heavy (non-hydrogen) atoms. The average molecular weight is 338 g/mol. The fourth-order valence-corrected chi connectivity index (χ4v) is 3.93. The minimum Gasteiger partial charge on any atom is -0.345 e. The first kappa shape index (κ1) is 14.6. The summed E-state index contributed by atoms with van der Waals surface area (Å²) in [6.45, 7) is 1.57. The van der Waals surface area contributed by atoms with Gasteiger partial charge in [-0.2, -0.15) is 4.99 Å². The van der Waals surface area contributed by atoms with E-state index in [9.17, 15) is 4.79 Å². The average Bonchev–Trinajstić information content (AvgIpc) is 3.10. The topological polar surface area (TPSA) is 45.6 Å². The van der Waals surface area contributed by atoms with E-state index in [0.29, 0.717) is 16.6 Å². The molecule has 1 aromatic heterocycles. The van der Waals surface area contributed by atoms with Gasteiger partial charge in [-0.05, 0) is 12.1 Å². The molecular weight excluding hydrogens is 326 g/mol. The smallest absolute Gasteiger partial charge is 0.279 e. The van der Waals surface area contributed by atoms with Crippen molar-refractivity contribution in [3.8, 4) is 0 Å². The zero-order valence-corrected chi connectivity index (χ0v) is 13.4. The number of nitrogens with zero attached hydrogens (tertiary/aromatic N) is 3. The maximum Gasteiger partial charge on any atom is 0.279 e. The molecule has 0 spiro atoms. The lowest BCUT2D eigenvalue weighted by molar-refractivity contribution is 0.100. The van der Waals surface area contributed by atoms with Crippen molar-refractivity contribution in [1.29, 1.82) is 0 Å². The third kappa shape index (κ3) is 3.64. The second kappa shape index (κ2) is 6.60. The summed E-state index contributed by atoms with van der Waals surface area (Å²) < 4.78 is 0.538. The van der Waals surface area contributed by atoms with Crippen LogP contribution in [0.4, 0.5) is 0 Å². The first-order valence-electron chi connectivity index (χ1n) is 6.38. The molecule has 1 saturated heterocycles. The van der Waals surface area contributed by atoms with Gasteiger partial charge in [0, 0.05) is 28.9 Å². The summed E-state index contributed by atoms with van der Waals surface area (Å²) in [5.41, 5.74) is 0.610. The Balaban J connectivity index is 1.74. The van der Waals surface area contributed by atoms with Gasteiger partial charge in [0.25, 0.3) is 5.91 Å². The summed E-state index contributed by atoms with van der Waals surface area (Å²) in [6, 6.07) is 9.12. The Bertz CT molecular complexity index is 672. The van der Waals surface area contributed by atoms with Crippen LogP contribution in [0, 0.1) is 0 Å². The van der Waals surface area contributed by atoms with Gasteiger partial charge in [-0.1, -0.05) is 41.6 Å². The molecule has 108 valence electrons. The van der Waals surface area contributed by atoms with Gasteiger partial charge in [-0.3, -0.25) is 4.79 Å². The van der Waals surface area contributed by atoms with Crippen LogP contribution in [0.15, 0.2) is 41.5 Å². The molecule has 2 aromatic rings. The Morgan fingerprint density at radius 3 is 2.90 bits per heavy atom. The summed E-state index contributed by atoms with van der Waals surface area (Å²) in [4.78, 5) is 23.6. The van der Waals surface area contributed by atoms with E-state index in [1.807, 2.05) is 18.2 Å². The zero-order chi connectivity index (χ0) is 14.7. The number of thiazole rings is 1. The fourth-order valence-electron chi connectivity index (χ4n) is 1.96. The van der Waals surface area contributed by atoms with Crippen LogP contribution < -0.4 is 0 Å². The highest BCUT2D eigenvalue weighted by molar-refractivity contribution is 8.14. The molecule has 0 N–H and O–H groups in total. The van der Waals surface area contributed by atoms with Crippen LogP contribution in [0.5, 0.6) is 0 Å². The van der Waals surface area contributed by atoms with Gasteiger partial charge in [0.15, 0.2) is 9.63 Å². The molecule has 0 atom stereocenters. The number of carbonyl (C=O) groups excluding carboxylic acids is 1. The van der Waals surface area contributed by atoms with Crippen LogP contribution in [0.1, 0.15) is 15.2 Å². The van der Waals surface area contributed by atoms with E-state index in [0.717, 1.165) is 22.3 Å². The molecule has 2 heterocycles. The zero-order valence-electron chi connectivity index (χ0n) is 11.0. The minimum absolute atomic E-state index is 0.202. The molecule has 7 heteroatoms. The molecule has 1 amide bonds. The molecule has 0 unspecified atom stereocenters. The van der Waals surface area contributed by atoms with E-state index in [1.54, 1.807) is 30.1 Å². The van der Waals surface area contributed by atoms with Gasteiger partial charge in [-0.15, -0.1) is 11.3 Å². The first-order chi connectivity index (χ1) is 10.2. The Morgan fingerprint density at radius 2 is 2.19 bits per heavy atom. The lowest BCUT2D eigenvalue weighted by Crippen LogP contribution is -2.24. The molecular formula is C14H12ClN3OS2. The third-order valence-corrected chi connectivity index (χ3v) is 5.05. The van der Waals surface area contributed by atoms with Crippen molar-refractivity contribution in [3.63, 3.8) is 0 Å². The molecule has 4 nitrogen and oxygen atoms in total. The van der Waals surface area contributed by atoms with Crippen LogP contribution in [0.3, 0.4) is 0 Å². The lowest BCUT2D eigenvalue weighted by Gasteiger charge is -2.15.